The molecule has 0 heterocycles. The molecule has 0 N–H and O–H groups in total. The first-order valence-electron chi connectivity index (χ1n) is 4.60. The van der Waals surface area contributed by atoms with Gasteiger partial charge in [0.2, 0.25) is 0 Å². The van der Waals surface area contributed by atoms with Gasteiger partial charge in [-0.25, -0.2) is 0 Å². The molecule has 1 nitrogen and oxygen atoms in total. The maximum Gasteiger partial charge on any atom is 0.119 e. The second kappa shape index (κ2) is 6.03. The predicted octanol–water partition coefficient (Wildman–Crippen LogP) is 3.49. The number of ether oxygens (including phenoxy) is 1. The normalized spacial score (nSPS) is 12.5. The molecule has 0 fully saturated rings. The Kier molecular flexibility index (Phi) is 4.91. The SMILES string of the molecule is CCC(CBr)COc1ccccc1. The van der Waals surface area contributed by atoms with Crippen LogP contribution in [-0.2, 0) is 0 Å². The first-order chi connectivity index (χ1) is 6.36. The summed E-state index contributed by atoms with van der Waals surface area (Å²) in [5.74, 6) is 1.57. The molecule has 1 aromatic carbocycles. The third-order valence-electron chi connectivity index (χ3n) is 2.02. The largest absolute Gasteiger partial charge is 0.493 e. The summed E-state index contributed by atoms with van der Waals surface area (Å²) in [6, 6.07) is 9.95. The van der Waals surface area contributed by atoms with Gasteiger partial charge in [-0.2, -0.15) is 0 Å². The molecule has 0 bridgehead atoms. The molecule has 1 atom stereocenters. The van der Waals surface area contributed by atoms with Crippen molar-refractivity contribution in [3.63, 3.8) is 0 Å². The van der Waals surface area contributed by atoms with Crippen LogP contribution >= 0.6 is 15.9 Å². The van der Waals surface area contributed by atoms with E-state index in [1.807, 2.05) is 30.3 Å². The van der Waals surface area contributed by atoms with E-state index in [9.17, 15) is 0 Å². The maximum absolute atomic E-state index is 5.62. The molecule has 0 aromatic heterocycles. The van der Waals surface area contributed by atoms with Gasteiger partial charge in [0.15, 0.2) is 0 Å². The average Bonchev–Trinajstić information content (AvgIpc) is 2.21. The van der Waals surface area contributed by atoms with E-state index in [1.54, 1.807) is 0 Å². The van der Waals surface area contributed by atoms with Crippen molar-refractivity contribution in [1.82, 2.24) is 0 Å². The number of benzene rings is 1. The lowest BCUT2D eigenvalue weighted by Gasteiger charge is -2.12. The highest BCUT2D eigenvalue weighted by atomic mass is 79.9. The summed E-state index contributed by atoms with van der Waals surface area (Å²) in [4.78, 5) is 0. The minimum Gasteiger partial charge on any atom is -0.493 e. The van der Waals surface area contributed by atoms with E-state index in [-0.39, 0.29) is 0 Å². The van der Waals surface area contributed by atoms with E-state index >= 15 is 0 Å². The van der Waals surface area contributed by atoms with Crippen LogP contribution in [0.2, 0.25) is 0 Å². The maximum atomic E-state index is 5.62. The molecule has 0 aliphatic carbocycles. The Morgan fingerprint density at radius 3 is 2.54 bits per heavy atom. The minimum absolute atomic E-state index is 0.611. The lowest BCUT2D eigenvalue weighted by atomic mass is 10.1. The van der Waals surface area contributed by atoms with Crippen LogP contribution in [0.1, 0.15) is 13.3 Å². The van der Waals surface area contributed by atoms with Crippen LogP contribution in [-0.4, -0.2) is 11.9 Å². The van der Waals surface area contributed by atoms with E-state index in [0.717, 1.165) is 24.1 Å². The van der Waals surface area contributed by atoms with E-state index < -0.39 is 0 Å². The third-order valence-corrected chi connectivity index (χ3v) is 2.94. The Labute approximate surface area is 88.2 Å². The molecule has 0 saturated carbocycles. The van der Waals surface area contributed by atoms with Gasteiger partial charge in [0.25, 0.3) is 0 Å². The summed E-state index contributed by atoms with van der Waals surface area (Å²) >= 11 is 3.47. The fraction of sp³-hybridized carbons (Fsp3) is 0.455. The van der Waals surface area contributed by atoms with Gasteiger partial charge in [0, 0.05) is 11.2 Å². The van der Waals surface area contributed by atoms with Crippen LogP contribution in [0, 0.1) is 5.92 Å². The fourth-order valence-electron chi connectivity index (χ4n) is 1.00. The fourth-order valence-corrected chi connectivity index (χ4v) is 1.65. The average molecular weight is 243 g/mol. The molecule has 2 heteroatoms. The highest BCUT2D eigenvalue weighted by Crippen LogP contribution is 2.12. The Morgan fingerprint density at radius 2 is 2.00 bits per heavy atom. The topological polar surface area (TPSA) is 9.23 Å². The van der Waals surface area contributed by atoms with Crippen LogP contribution in [0.5, 0.6) is 5.75 Å². The Balaban J connectivity index is 2.34. The van der Waals surface area contributed by atoms with Gasteiger partial charge in [0.05, 0.1) is 6.61 Å². The first-order valence-corrected chi connectivity index (χ1v) is 5.72. The standard InChI is InChI=1S/C11H15BrO/c1-2-10(8-12)9-13-11-6-4-3-5-7-11/h3-7,10H,2,8-9H2,1H3. The monoisotopic (exact) mass is 242 g/mol. The number of hydrogen-bond donors (Lipinski definition) is 0. The molecule has 0 aliphatic heterocycles. The van der Waals surface area contributed by atoms with Crippen molar-refractivity contribution in [3.8, 4) is 5.75 Å². The summed E-state index contributed by atoms with van der Waals surface area (Å²) in [5.41, 5.74) is 0. The molecule has 0 aliphatic rings. The third kappa shape index (κ3) is 3.81. The molecule has 0 spiro atoms. The Hall–Kier alpha value is -0.500. The summed E-state index contributed by atoms with van der Waals surface area (Å²) < 4.78 is 5.62. The number of rotatable bonds is 5. The molecule has 13 heavy (non-hydrogen) atoms. The molecule has 0 amide bonds. The summed E-state index contributed by atoms with van der Waals surface area (Å²) in [7, 11) is 0. The van der Waals surface area contributed by atoms with Crippen LogP contribution < -0.4 is 4.74 Å². The van der Waals surface area contributed by atoms with E-state index in [4.69, 9.17) is 4.74 Å². The second-order valence-corrected chi connectivity index (χ2v) is 3.70. The molecular weight excluding hydrogens is 228 g/mol. The van der Waals surface area contributed by atoms with Crippen LogP contribution in [0.25, 0.3) is 0 Å². The molecule has 72 valence electrons. The van der Waals surface area contributed by atoms with Crippen molar-refractivity contribution in [3.05, 3.63) is 30.3 Å². The van der Waals surface area contributed by atoms with E-state index in [1.165, 1.54) is 0 Å². The van der Waals surface area contributed by atoms with Crippen LogP contribution in [0.15, 0.2) is 30.3 Å². The highest BCUT2D eigenvalue weighted by Gasteiger charge is 2.04. The summed E-state index contributed by atoms with van der Waals surface area (Å²) in [6.45, 7) is 2.98. The van der Waals surface area contributed by atoms with Gasteiger partial charge >= 0.3 is 0 Å². The zero-order valence-corrected chi connectivity index (χ0v) is 9.46. The quantitative estimate of drug-likeness (QED) is 0.719. The van der Waals surface area contributed by atoms with E-state index in [2.05, 4.69) is 22.9 Å². The molecular formula is C11H15BrO. The Morgan fingerprint density at radius 1 is 1.31 bits per heavy atom. The molecule has 1 aromatic rings. The second-order valence-electron chi connectivity index (χ2n) is 3.05. The summed E-state index contributed by atoms with van der Waals surface area (Å²) in [6.07, 6.45) is 1.15. The van der Waals surface area contributed by atoms with Crippen molar-refractivity contribution in [2.75, 3.05) is 11.9 Å². The van der Waals surface area contributed by atoms with Crippen LogP contribution in [0.3, 0.4) is 0 Å². The molecule has 0 saturated heterocycles. The summed E-state index contributed by atoms with van der Waals surface area (Å²) in [5, 5.41) is 1.01. The van der Waals surface area contributed by atoms with Crippen molar-refractivity contribution in [1.29, 1.82) is 0 Å². The van der Waals surface area contributed by atoms with Crippen molar-refractivity contribution < 1.29 is 4.74 Å². The van der Waals surface area contributed by atoms with Gasteiger partial charge in [-0.05, 0) is 18.6 Å². The van der Waals surface area contributed by atoms with Gasteiger partial charge in [0.1, 0.15) is 5.75 Å². The number of alkyl halides is 1. The lowest BCUT2D eigenvalue weighted by Crippen LogP contribution is -2.12. The predicted molar refractivity (Wildman–Crippen MR) is 59.5 cm³/mol. The smallest absolute Gasteiger partial charge is 0.119 e. The highest BCUT2D eigenvalue weighted by molar-refractivity contribution is 9.09. The number of hydrogen-bond acceptors (Lipinski definition) is 1. The molecule has 1 rings (SSSR count). The minimum atomic E-state index is 0.611. The van der Waals surface area contributed by atoms with Gasteiger partial charge in [-0.15, -0.1) is 0 Å². The van der Waals surface area contributed by atoms with Gasteiger partial charge in [-0.3, -0.25) is 0 Å². The van der Waals surface area contributed by atoms with Crippen molar-refractivity contribution in [2.45, 2.75) is 13.3 Å². The van der Waals surface area contributed by atoms with Gasteiger partial charge < -0.3 is 4.74 Å². The first kappa shape index (κ1) is 10.6. The van der Waals surface area contributed by atoms with Crippen molar-refractivity contribution >= 4 is 15.9 Å². The zero-order valence-electron chi connectivity index (χ0n) is 7.87. The van der Waals surface area contributed by atoms with E-state index in [0.29, 0.717) is 5.92 Å². The van der Waals surface area contributed by atoms with Crippen LogP contribution in [0.4, 0.5) is 0 Å². The number of halogens is 1. The van der Waals surface area contributed by atoms with Gasteiger partial charge in [-0.1, -0.05) is 41.1 Å². The zero-order chi connectivity index (χ0) is 9.52. The molecule has 1 unspecified atom stereocenters. The van der Waals surface area contributed by atoms with Crippen molar-refractivity contribution in [2.24, 2.45) is 5.92 Å². The Bertz CT molecular complexity index is 219. The lowest BCUT2D eigenvalue weighted by molar-refractivity contribution is 0.260. The number of para-hydroxylation sites is 1. The molecule has 0 radical (unpaired) electrons.